The number of para-hydroxylation sites is 2. The van der Waals surface area contributed by atoms with Crippen LogP contribution in [0.1, 0.15) is 36.4 Å². The molecule has 3 N–H and O–H groups in total. The summed E-state index contributed by atoms with van der Waals surface area (Å²) in [6, 6.07) is 9.51. The molecule has 4 rings (SSSR count). The van der Waals surface area contributed by atoms with E-state index in [9.17, 15) is 0 Å². The molecule has 6 heteroatoms. The van der Waals surface area contributed by atoms with Crippen molar-refractivity contribution in [1.82, 2.24) is 9.97 Å². The average Bonchev–Trinajstić information content (AvgIpc) is 3.39. The predicted molar refractivity (Wildman–Crippen MR) is 77.1 cm³/mol. The zero-order valence-corrected chi connectivity index (χ0v) is 11.5. The van der Waals surface area contributed by atoms with Crippen molar-refractivity contribution in [3.63, 3.8) is 0 Å². The summed E-state index contributed by atoms with van der Waals surface area (Å²) >= 11 is 0. The number of rotatable bonds is 3. The van der Waals surface area contributed by atoms with Gasteiger partial charge in [0.25, 0.3) is 0 Å². The third kappa shape index (κ3) is 2.38. The Kier molecular flexibility index (Phi) is 2.89. The maximum absolute atomic E-state index is 5.95. The Morgan fingerprint density at radius 3 is 2.71 bits per heavy atom. The van der Waals surface area contributed by atoms with E-state index >= 15 is 0 Å². The molecule has 1 fully saturated rings. The van der Waals surface area contributed by atoms with Crippen molar-refractivity contribution in [2.75, 3.05) is 12.0 Å². The number of nitrogens with zero attached hydrogens (tertiary/aromatic N) is 2. The number of benzene rings is 1. The van der Waals surface area contributed by atoms with E-state index in [0.29, 0.717) is 24.2 Å². The first-order chi connectivity index (χ1) is 10.3. The van der Waals surface area contributed by atoms with Crippen molar-refractivity contribution < 1.29 is 9.47 Å². The lowest BCUT2D eigenvalue weighted by Crippen LogP contribution is -2.24. The molecule has 6 nitrogen and oxygen atoms in total. The summed E-state index contributed by atoms with van der Waals surface area (Å²) < 4.78 is 11.7. The first kappa shape index (κ1) is 12.4. The zero-order valence-electron chi connectivity index (χ0n) is 11.5. The van der Waals surface area contributed by atoms with Crippen LogP contribution in [0.3, 0.4) is 0 Å². The fraction of sp³-hybridized carbons (Fsp3) is 0.333. The molecule has 1 aromatic heterocycles. The van der Waals surface area contributed by atoms with Gasteiger partial charge in [-0.3, -0.25) is 0 Å². The number of anilines is 1. The van der Waals surface area contributed by atoms with Crippen molar-refractivity contribution in [3.8, 4) is 11.5 Å². The van der Waals surface area contributed by atoms with E-state index in [2.05, 4.69) is 15.4 Å². The summed E-state index contributed by atoms with van der Waals surface area (Å²) in [5.74, 6) is 8.73. The molecule has 0 spiro atoms. The van der Waals surface area contributed by atoms with Crippen LogP contribution in [0.2, 0.25) is 0 Å². The number of fused-ring (bicyclic) bond motifs is 1. The van der Waals surface area contributed by atoms with Gasteiger partial charge in [0.1, 0.15) is 12.4 Å². The number of nitrogen functional groups attached to an aromatic ring is 1. The van der Waals surface area contributed by atoms with Crippen LogP contribution in [0, 0.1) is 0 Å². The Morgan fingerprint density at radius 1 is 1.14 bits per heavy atom. The topological polar surface area (TPSA) is 82.3 Å². The standard InChI is InChI=1S/C15H16N4O2/c16-19-14-7-10(9-5-6-9)17-15(18-14)13-8-20-11-3-1-2-4-12(11)21-13/h1-4,7,9,13H,5-6,8,16H2,(H,17,18,19). The minimum atomic E-state index is -0.314. The lowest BCUT2D eigenvalue weighted by molar-refractivity contribution is 0.0850. The third-order valence-corrected chi connectivity index (χ3v) is 3.70. The summed E-state index contributed by atoms with van der Waals surface area (Å²) in [6.07, 6.45) is 2.03. The second kappa shape index (κ2) is 4.89. The number of hydrazine groups is 1. The van der Waals surface area contributed by atoms with Gasteiger partial charge in [-0.25, -0.2) is 15.8 Å². The van der Waals surface area contributed by atoms with Gasteiger partial charge in [0, 0.05) is 17.7 Å². The largest absolute Gasteiger partial charge is 0.485 e. The summed E-state index contributed by atoms with van der Waals surface area (Å²) in [7, 11) is 0. The number of hydrogen-bond donors (Lipinski definition) is 2. The molecule has 2 aromatic rings. The number of hydrogen-bond acceptors (Lipinski definition) is 6. The number of ether oxygens (including phenoxy) is 2. The van der Waals surface area contributed by atoms with Gasteiger partial charge in [0.2, 0.25) is 0 Å². The Bertz CT molecular complexity index is 672. The van der Waals surface area contributed by atoms with E-state index < -0.39 is 0 Å². The van der Waals surface area contributed by atoms with Crippen molar-refractivity contribution in [3.05, 3.63) is 41.9 Å². The fourth-order valence-corrected chi connectivity index (χ4v) is 2.44. The van der Waals surface area contributed by atoms with Gasteiger partial charge in [-0.05, 0) is 25.0 Å². The van der Waals surface area contributed by atoms with Crippen LogP contribution >= 0.6 is 0 Å². The van der Waals surface area contributed by atoms with E-state index in [-0.39, 0.29) is 6.10 Å². The molecular formula is C15H16N4O2. The molecule has 1 atom stereocenters. The van der Waals surface area contributed by atoms with Crippen molar-refractivity contribution >= 4 is 5.82 Å². The second-order valence-corrected chi connectivity index (χ2v) is 5.32. The number of nitrogens with two attached hydrogens (primary N) is 1. The van der Waals surface area contributed by atoms with E-state index in [1.807, 2.05) is 30.3 Å². The van der Waals surface area contributed by atoms with Gasteiger partial charge < -0.3 is 14.9 Å². The summed E-state index contributed by atoms with van der Waals surface area (Å²) in [6.45, 7) is 0.398. The highest BCUT2D eigenvalue weighted by Crippen LogP contribution is 2.40. The van der Waals surface area contributed by atoms with Crippen LogP contribution in [0.15, 0.2) is 30.3 Å². The molecular weight excluding hydrogens is 268 g/mol. The van der Waals surface area contributed by atoms with Crippen molar-refractivity contribution in [1.29, 1.82) is 0 Å². The van der Waals surface area contributed by atoms with Crippen LogP contribution in [0.5, 0.6) is 11.5 Å². The maximum Gasteiger partial charge on any atom is 0.192 e. The van der Waals surface area contributed by atoms with Crippen LogP contribution in [0.4, 0.5) is 5.82 Å². The van der Waals surface area contributed by atoms with Crippen LogP contribution in [-0.4, -0.2) is 16.6 Å². The molecule has 1 aliphatic carbocycles. The third-order valence-electron chi connectivity index (χ3n) is 3.70. The molecule has 0 saturated heterocycles. The number of aromatic nitrogens is 2. The average molecular weight is 284 g/mol. The van der Waals surface area contributed by atoms with E-state index in [0.717, 1.165) is 17.2 Å². The Hall–Kier alpha value is -2.34. The zero-order chi connectivity index (χ0) is 14.2. The van der Waals surface area contributed by atoms with Crippen LogP contribution in [-0.2, 0) is 0 Å². The molecule has 1 aromatic carbocycles. The highest BCUT2D eigenvalue weighted by molar-refractivity contribution is 5.42. The first-order valence-corrected chi connectivity index (χ1v) is 7.07. The van der Waals surface area contributed by atoms with Gasteiger partial charge in [0.05, 0.1) is 0 Å². The molecule has 1 saturated carbocycles. The molecule has 2 heterocycles. The maximum atomic E-state index is 5.95. The molecule has 2 aliphatic rings. The molecule has 1 aliphatic heterocycles. The fourth-order valence-electron chi connectivity index (χ4n) is 2.44. The highest BCUT2D eigenvalue weighted by atomic mass is 16.6. The van der Waals surface area contributed by atoms with Gasteiger partial charge >= 0.3 is 0 Å². The minimum absolute atomic E-state index is 0.314. The highest BCUT2D eigenvalue weighted by Gasteiger charge is 2.29. The van der Waals surface area contributed by atoms with E-state index in [1.165, 1.54) is 12.8 Å². The smallest absolute Gasteiger partial charge is 0.192 e. The molecule has 108 valence electrons. The lowest BCUT2D eigenvalue weighted by atomic mass is 10.2. The van der Waals surface area contributed by atoms with E-state index in [4.69, 9.17) is 15.3 Å². The number of nitrogens with one attached hydrogen (secondary N) is 1. The Balaban J connectivity index is 1.66. The molecule has 1 unspecified atom stereocenters. The summed E-state index contributed by atoms with van der Waals surface area (Å²) in [5.41, 5.74) is 3.62. The van der Waals surface area contributed by atoms with Gasteiger partial charge in [-0.1, -0.05) is 12.1 Å². The normalized spacial score (nSPS) is 20.1. The Morgan fingerprint density at radius 2 is 1.95 bits per heavy atom. The molecule has 0 amide bonds. The monoisotopic (exact) mass is 284 g/mol. The van der Waals surface area contributed by atoms with E-state index in [1.54, 1.807) is 0 Å². The SMILES string of the molecule is NNc1cc(C2CC2)nc(C2COc3ccccc3O2)n1. The van der Waals surface area contributed by atoms with Gasteiger partial charge in [-0.2, -0.15) is 0 Å². The second-order valence-electron chi connectivity index (χ2n) is 5.32. The van der Waals surface area contributed by atoms with Gasteiger partial charge in [-0.15, -0.1) is 0 Å². The van der Waals surface area contributed by atoms with Gasteiger partial charge in [0.15, 0.2) is 23.4 Å². The molecule has 0 bridgehead atoms. The van der Waals surface area contributed by atoms with Crippen molar-refractivity contribution in [2.24, 2.45) is 5.84 Å². The minimum Gasteiger partial charge on any atom is -0.485 e. The first-order valence-electron chi connectivity index (χ1n) is 7.07. The Labute approximate surface area is 122 Å². The summed E-state index contributed by atoms with van der Waals surface area (Å²) in [4.78, 5) is 9.03. The van der Waals surface area contributed by atoms with Crippen LogP contribution in [0.25, 0.3) is 0 Å². The summed E-state index contributed by atoms with van der Waals surface area (Å²) in [5, 5.41) is 0. The van der Waals surface area contributed by atoms with Crippen molar-refractivity contribution in [2.45, 2.75) is 24.9 Å². The lowest BCUT2D eigenvalue weighted by Gasteiger charge is -2.25. The molecule has 0 radical (unpaired) electrons. The van der Waals surface area contributed by atoms with Crippen LogP contribution < -0.4 is 20.7 Å². The quantitative estimate of drug-likeness (QED) is 0.664. The molecule has 21 heavy (non-hydrogen) atoms. The predicted octanol–water partition coefficient (Wildman–Crippen LogP) is 2.15.